The van der Waals surface area contributed by atoms with Crippen LogP contribution in [0.4, 0.5) is 0 Å². The van der Waals surface area contributed by atoms with Gasteiger partial charge in [-0.25, -0.2) is 19.1 Å². The third kappa shape index (κ3) is 5.29. The minimum atomic E-state index is -1.09. The average Bonchev–Trinajstić information content (AvgIpc) is 3.19. The van der Waals surface area contributed by atoms with Crippen LogP contribution in [0, 0.1) is 6.92 Å². The molecular weight excluding hydrogens is 376 g/mol. The van der Waals surface area contributed by atoms with Gasteiger partial charge in [0.25, 0.3) is 0 Å². The predicted octanol–water partition coefficient (Wildman–Crippen LogP) is 3.52. The van der Waals surface area contributed by atoms with E-state index in [1.807, 2.05) is 30.3 Å². The summed E-state index contributed by atoms with van der Waals surface area (Å²) in [7, 11) is 0. The molecule has 8 nitrogen and oxygen atoms in total. The van der Waals surface area contributed by atoms with Gasteiger partial charge in [0, 0.05) is 6.20 Å². The van der Waals surface area contributed by atoms with Crippen molar-refractivity contribution in [1.82, 2.24) is 9.78 Å². The van der Waals surface area contributed by atoms with E-state index >= 15 is 0 Å². The molecule has 0 saturated carbocycles. The molecule has 3 rings (SSSR count). The zero-order valence-corrected chi connectivity index (χ0v) is 15.9. The number of hydrogen-bond acceptors (Lipinski definition) is 4. The van der Waals surface area contributed by atoms with Gasteiger partial charge in [0.05, 0.1) is 28.6 Å². The number of para-hydroxylation sites is 1. The Morgan fingerprint density at radius 2 is 1.48 bits per heavy atom. The molecule has 0 saturated heterocycles. The molecule has 150 valence electrons. The van der Waals surface area contributed by atoms with E-state index in [1.165, 1.54) is 29.2 Å². The molecule has 0 aliphatic rings. The topological polar surface area (TPSA) is 130 Å². The highest BCUT2D eigenvalue weighted by Crippen LogP contribution is 2.18. The van der Waals surface area contributed by atoms with Gasteiger partial charge in [0.2, 0.25) is 0 Å². The van der Waals surface area contributed by atoms with Gasteiger partial charge in [-0.2, -0.15) is 5.10 Å². The second-order valence-corrected chi connectivity index (χ2v) is 6.12. The molecule has 2 aromatic carbocycles. The van der Waals surface area contributed by atoms with E-state index in [4.69, 9.17) is 15.3 Å². The smallest absolute Gasteiger partial charge is 0.338 e. The molecule has 1 heterocycles. The second-order valence-electron chi connectivity index (χ2n) is 6.12. The lowest BCUT2D eigenvalue weighted by atomic mass is 9.96. The monoisotopic (exact) mass is 396 g/mol. The molecule has 29 heavy (non-hydrogen) atoms. The molecular formula is C21H20N2O6. The number of rotatable bonds is 5. The number of aromatic nitrogens is 2. The van der Waals surface area contributed by atoms with Crippen molar-refractivity contribution in [2.24, 2.45) is 0 Å². The summed E-state index contributed by atoms with van der Waals surface area (Å²) in [6.45, 7) is 3.42. The number of benzene rings is 2. The van der Waals surface area contributed by atoms with E-state index in [9.17, 15) is 14.4 Å². The predicted molar refractivity (Wildman–Crippen MR) is 105 cm³/mol. The Morgan fingerprint density at radius 3 is 1.90 bits per heavy atom. The Morgan fingerprint density at radius 1 is 0.931 bits per heavy atom. The maximum absolute atomic E-state index is 10.9. The van der Waals surface area contributed by atoms with E-state index in [-0.39, 0.29) is 16.7 Å². The second kappa shape index (κ2) is 9.32. The first kappa shape index (κ1) is 21.4. The molecule has 0 radical (unpaired) electrons. The van der Waals surface area contributed by atoms with Gasteiger partial charge in [0.15, 0.2) is 0 Å². The molecule has 0 fully saturated rings. The Labute approximate surface area is 166 Å². The van der Waals surface area contributed by atoms with Crippen LogP contribution in [0.25, 0.3) is 5.69 Å². The minimum absolute atomic E-state index is 0.0786. The Kier molecular flexibility index (Phi) is 6.86. The van der Waals surface area contributed by atoms with Crippen molar-refractivity contribution >= 4 is 17.9 Å². The molecule has 3 aromatic rings. The number of carboxylic acids is 3. The van der Waals surface area contributed by atoms with Crippen molar-refractivity contribution in [2.75, 3.05) is 0 Å². The first-order valence-electron chi connectivity index (χ1n) is 8.68. The minimum Gasteiger partial charge on any atom is -0.478 e. The van der Waals surface area contributed by atoms with Gasteiger partial charge in [0.1, 0.15) is 0 Å². The summed E-state index contributed by atoms with van der Waals surface area (Å²) in [4.78, 5) is 32.4. The van der Waals surface area contributed by atoms with Crippen LogP contribution in [0.15, 0.2) is 54.9 Å². The number of carbonyl (C=O) groups is 3. The van der Waals surface area contributed by atoms with Gasteiger partial charge in [-0.05, 0) is 48.7 Å². The lowest BCUT2D eigenvalue weighted by Crippen LogP contribution is -2.10. The zero-order chi connectivity index (χ0) is 21.6. The van der Waals surface area contributed by atoms with E-state index in [0.717, 1.165) is 5.69 Å². The Hall–Kier alpha value is -3.94. The fourth-order valence-electron chi connectivity index (χ4n) is 2.73. The van der Waals surface area contributed by atoms with Gasteiger partial charge in [-0.3, -0.25) is 0 Å². The highest BCUT2D eigenvalue weighted by molar-refractivity contribution is 5.97. The van der Waals surface area contributed by atoms with Gasteiger partial charge in [-0.15, -0.1) is 0 Å². The first-order valence-corrected chi connectivity index (χ1v) is 8.68. The average molecular weight is 396 g/mol. The highest BCUT2D eigenvalue weighted by Gasteiger charge is 2.17. The molecule has 0 amide bonds. The molecule has 0 aliphatic carbocycles. The summed E-state index contributed by atoms with van der Waals surface area (Å²) in [5.74, 6) is -3.14. The fourth-order valence-corrected chi connectivity index (χ4v) is 2.73. The normalized spacial score (nSPS) is 10.0. The van der Waals surface area contributed by atoms with Gasteiger partial charge in [-0.1, -0.05) is 25.1 Å². The Balaban J connectivity index is 0.000000207. The van der Waals surface area contributed by atoms with Crippen LogP contribution in [0.2, 0.25) is 0 Å². The summed E-state index contributed by atoms with van der Waals surface area (Å²) < 4.78 is 1.53. The SMILES string of the molecule is CCc1c(C(=O)O)cc(C)cc1C(=O)O.O=C(O)c1cnn(-c2ccccc2)c1. The number of aromatic carboxylic acids is 3. The first-order chi connectivity index (χ1) is 13.7. The van der Waals surface area contributed by atoms with Crippen LogP contribution in [-0.2, 0) is 6.42 Å². The molecule has 3 N–H and O–H groups in total. The molecule has 0 atom stereocenters. The van der Waals surface area contributed by atoms with Crippen molar-refractivity contribution in [3.05, 3.63) is 82.7 Å². The van der Waals surface area contributed by atoms with Crippen LogP contribution in [0.1, 0.15) is 49.1 Å². The van der Waals surface area contributed by atoms with E-state index in [2.05, 4.69) is 5.10 Å². The molecule has 0 bridgehead atoms. The number of aryl methyl sites for hydroxylation is 1. The van der Waals surface area contributed by atoms with Gasteiger partial charge >= 0.3 is 17.9 Å². The van der Waals surface area contributed by atoms with Crippen molar-refractivity contribution in [1.29, 1.82) is 0 Å². The third-order valence-corrected chi connectivity index (χ3v) is 4.06. The quantitative estimate of drug-likeness (QED) is 0.601. The van der Waals surface area contributed by atoms with E-state index < -0.39 is 17.9 Å². The third-order valence-electron chi connectivity index (χ3n) is 4.06. The standard InChI is InChI=1S/C11H12O4.C10H8N2O2/c1-3-7-8(10(12)13)4-6(2)5-9(7)11(14)15;13-10(14)8-6-11-12(7-8)9-4-2-1-3-5-9/h4-5H,3H2,1-2H3,(H,12,13)(H,14,15);1-7H,(H,13,14). The lowest BCUT2D eigenvalue weighted by Gasteiger charge is -2.09. The van der Waals surface area contributed by atoms with E-state index in [0.29, 0.717) is 17.5 Å². The maximum atomic E-state index is 10.9. The zero-order valence-electron chi connectivity index (χ0n) is 15.9. The highest BCUT2D eigenvalue weighted by atomic mass is 16.4. The number of carboxylic acid groups (broad SMARTS) is 3. The fraction of sp³-hybridized carbons (Fsp3) is 0.143. The van der Waals surface area contributed by atoms with E-state index in [1.54, 1.807) is 13.8 Å². The summed E-state index contributed by atoms with van der Waals surface area (Å²) >= 11 is 0. The number of hydrogen-bond donors (Lipinski definition) is 3. The summed E-state index contributed by atoms with van der Waals surface area (Å²) in [6.07, 6.45) is 3.20. The van der Waals surface area contributed by atoms with Crippen LogP contribution in [0.5, 0.6) is 0 Å². The Bertz CT molecular complexity index is 1010. The molecule has 0 aliphatic heterocycles. The molecule has 0 spiro atoms. The van der Waals surface area contributed by atoms with Crippen LogP contribution < -0.4 is 0 Å². The van der Waals surface area contributed by atoms with Crippen LogP contribution in [0.3, 0.4) is 0 Å². The summed E-state index contributed by atoms with van der Waals surface area (Å²) in [6, 6.07) is 12.3. The summed E-state index contributed by atoms with van der Waals surface area (Å²) in [5.41, 5.74) is 2.21. The summed E-state index contributed by atoms with van der Waals surface area (Å²) in [5, 5.41) is 30.5. The van der Waals surface area contributed by atoms with Crippen molar-refractivity contribution in [3.63, 3.8) is 0 Å². The van der Waals surface area contributed by atoms with Crippen molar-refractivity contribution < 1.29 is 29.7 Å². The largest absolute Gasteiger partial charge is 0.478 e. The van der Waals surface area contributed by atoms with Crippen LogP contribution in [-0.4, -0.2) is 43.0 Å². The van der Waals surface area contributed by atoms with Crippen LogP contribution >= 0.6 is 0 Å². The van der Waals surface area contributed by atoms with Gasteiger partial charge < -0.3 is 15.3 Å². The number of nitrogens with zero attached hydrogens (tertiary/aromatic N) is 2. The lowest BCUT2D eigenvalue weighted by molar-refractivity contribution is 0.0680. The molecule has 1 aromatic heterocycles. The molecule has 0 unspecified atom stereocenters. The van der Waals surface area contributed by atoms with Crippen molar-refractivity contribution in [2.45, 2.75) is 20.3 Å². The molecule has 8 heteroatoms. The van der Waals surface area contributed by atoms with Crippen molar-refractivity contribution in [3.8, 4) is 5.69 Å². The maximum Gasteiger partial charge on any atom is 0.338 e.